The van der Waals surface area contributed by atoms with Crippen LogP contribution in [0.5, 0.6) is 0 Å². The molecule has 0 bridgehead atoms. The third kappa shape index (κ3) is 2.42. The number of carbonyl (C=O) groups excluding carboxylic acids is 1. The van der Waals surface area contributed by atoms with Crippen molar-refractivity contribution in [3.05, 3.63) is 65.8 Å². The van der Waals surface area contributed by atoms with Crippen LogP contribution in [-0.4, -0.2) is 20.5 Å². The zero-order chi connectivity index (χ0) is 16.7. The molecule has 3 heterocycles. The van der Waals surface area contributed by atoms with Crippen LogP contribution in [0.4, 0.5) is 0 Å². The highest BCUT2D eigenvalue weighted by Crippen LogP contribution is 2.23. The van der Waals surface area contributed by atoms with Gasteiger partial charge in [-0.2, -0.15) is 0 Å². The van der Waals surface area contributed by atoms with E-state index in [1.54, 1.807) is 22.7 Å². The number of furan rings is 1. The van der Waals surface area contributed by atoms with Crippen molar-refractivity contribution < 1.29 is 9.21 Å². The molecule has 4 rings (SSSR count). The van der Waals surface area contributed by atoms with Crippen LogP contribution in [-0.2, 0) is 0 Å². The fraction of sp³-hybridized carbons (Fsp3) is 0.167. The maximum absolute atomic E-state index is 12.5. The molecule has 0 aliphatic rings. The van der Waals surface area contributed by atoms with Crippen LogP contribution in [0.3, 0.4) is 0 Å². The van der Waals surface area contributed by atoms with Crippen molar-refractivity contribution in [2.24, 2.45) is 0 Å². The number of hydrogen-bond acceptors (Lipinski definition) is 4. The molecule has 120 valence electrons. The van der Waals surface area contributed by atoms with Gasteiger partial charge >= 0.3 is 0 Å². The number of benzene rings is 1. The third-order valence-corrected chi connectivity index (χ3v) is 4.05. The summed E-state index contributed by atoms with van der Waals surface area (Å²) in [6, 6.07) is 13.0. The Morgan fingerprint density at radius 1 is 1.21 bits per heavy atom. The molecule has 0 saturated carbocycles. The van der Waals surface area contributed by atoms with Crippen molar-refractivity contribution >= 4 is 22.5 Å². The Kier molecular flexibility index (Phi) is 3.30. The molecule has 0 spiro atoms. The number of nitrogens with one attached hydrogen (secondary N) is 1. The van der Waals surface area contributed by atoms with Crippen molar-refractivity contribution in [2.45, 2.75) is 19.9 Å². The summed E-state index contributed by atoms with van der Waals surface area (Å²) in [5, 5.41) is 12.0. The summed E-state index contributed by atoms with van der Waals surface area (Å²) < 4.78 is 7.60. The van der Waals surface area contributed by atoms with Gasteiger partial charge in [0.1, 0.15) is 17.2 Å². The second-order valence-electron chi connectivity index (χ2n) is 5.77. The Balaban J connectivity index is 1.58. The first-order chi connectivity index (χ1) is 11.6. The molecule has 0 aliphatic carbocycles. The predicted molar refractivity (Wildman–Crippen MR) is 89.8 cm³/mol. The summed E-state index contributed by atoms with van der Waals surface area (Å²) in [4.78, 5) is 12.5. The van der Waals surface area contributed by atoms with E-state index >= 15 is 0 Å². The van der Waals surface area contributed by atoms with E-state index in [9.17, 15) is 4.79 Å². The molecule has 6 heteroatoms. The third-order valence-electron chi connectivity index (χ3n) is 4.05. The molecule has 1 N–H and O–H groups in total. The molecule has 1 atom stereocenters. The lowest BCUT2D eigenvalue weighted by molar-refractivity contribution is 0.0935. The maximum atomic E-state index is 12.5. The maximum Gasteiger partial charge on any atom is 0.253 e. The van der Waals surface area contributed by atoms with Crippen LogP contribution in [0.25, 0.3) is 16.6 Å². The lowest BCUT2D eigenvalue weighted by Crippen LogP contribution is -2.26. The average molecular weight is 320 g/mol. The van der Waals surface area contributed by atoms with Crippen LogP contribution >= 0.6 is 0 Å². The Hall–Kier alpha value is -3.15. The van der Waals surface area contributed by atoms with Crippen LogP contribution in [0.15, 0.2) is 53.1 Å². The number of hydrogen-bond donors (Lipinski definition) is 1. The zero-order valence-electron chi connectivity index (χ0n) is 13.4. The molecule has 1 amide bonds. The summed E-state index contributed by atoms with van der Waals surface area (Å²) in [6.07, 6.45) is 1.74. The Morgan fingerprint density at radius 3 is 2.88 bits per heavy atom. The molecule has 24 heavy (non-hydrogen) atoms. The second kappa shape index (κ2) is 5.49. The SMILES string of the molecule is Cc1nnc2ccc(C(=O)N[C@@H](C)c3cc4ccccc4o3)cn12. The highest BCUT2D eigenvalue weighted by atomic mass is 16.3. The number of nitrogens with zero attached hydrogens (tertiary/aromatic N) is 3. The van der Waals surface area contributed by atoms with E-state index in [1.165, 1.54) is 0 Å². The van der Waals surface area contributed by atoms with Crippen molar-refractivity contribution in [1.82, 2.24) is 19.9 Å². The largest absolute Gasteiger partial charge is 0.459 e. The highest BCUT2D eigenvalue weighted by Gasteiger charge is 2.16. The van der Waals surface area contributed by atoms with E-state index in [-0.39, 0.29) is 11.9 Å². The number of aryl methyl sites for hydroxylation is 1. The molecular formula is C18H16N4O2. The fourth-order valence-electron chi connectivity index (χ4n) is 2.71. The van der Waals surface area contributed by atoms with Gasteiger partial charge in [0.2, 0.25) is 0 Å². The first kappa shape index (κ1) is 14.4. The van der Waals surface area contributed by atoms with Gasteiger partial charge in [-0.25, -0.2) is 0 Å². The van der Waals surface area contributed by atoms with Gasteiger partial charge in [0.25, 0.3) is 5.91 Å². The van der Waals surface area contributed by atoms with Crippen molar-refractivity contribution in [2.75, 3.05) is 0 Å². The van der Waals surface area contributed by atoms with Gasteiger partial charge in [0.15, 0.2) is 5.65 Å². The zero-order valence-corrected chi connectivity index (χ0v) is 13.4. The first-order valence-electron chi connectivity index (χ1n) is 7.72. The van der Waals surface area contributed by atoms with Crippen molar-refractivity contribution in [3.8, 4) is 0 Å². The number of pyridine rings is 1. The molecule has 0 radical (unpaired) electrons. The van der Waals surface area contributed by atoms with Gasteiger partial charge in [0, 0.05) is 11.6 Å². The fourth-order valence-corrected chi connectivity index (χ4v) is 2.71. The monoisotopic (exact) mass is 320 g/mol. The van der Waals surface area contributed by atoms with Gasteiger partial charge in [-0.3, -0.25) is 9.20 Å². The average Bonchev–Trinajstić information content (AvgIpc) is 3.18. The Morgan fingerprint density at radius 2 is 2.04 bits per heavy atom. The van der Waals surface area contributed by atoms with Gasteiger partial charge in [-0.1, -0.05) is 18.2 Å². The predicted octanol–water partition coefficient (Wildman–Crippen LogP) is 3.27. The highest BCUT2D eigenvalue weighted by molar-refractivity contribution is 5.94. The van der Waals surface area contributed by atoms with E-state index in [2.05, 4.69) is 15.5 Å². The first-order valence-corrected chi connectivity index (χ1v) is 7.72. The second-order valence-corrected chi connectivity index (χ2v) is 5.77. The summed E-state index contributed by atoms with van der Waals surface area (Å²) in [5.74, 6) is 1.30. The van der Waals surface area contributed by atoms with E-state index in [0.717, 1.165) is 28.2 Å². The molecule has 0 saturated heterocycles. The summed E-state index contributed by atoms with van der Waals surface area (Å²) in [6.45, 7) is 3.75. The quantitative estimate of drug-likeness (QED) is 0.629. The van der Waals surface area contributed by atoms with Gasteiger partial charge in [-0.05, 0) is 38.1 Å². The molecule has 0 fully saturated rings. The Labute approximate surface area is 138 Å². The number of fused-ring (bicyclic) bond motifs is 2. The normalized spacial score (nSPS) is 12.6. The van der Waals surface area contributed by atoms with Crippen molar-refractivity contribution in [3.63, 3.8) is 0 Å². The minimum absolute atomic E-state index is 0.169. The molecule has 0 aliphatic heterocycles. The Bertz CT molecular complexity index is 1010. The topological polar surface area (TPSA) is 72.4 Å². The minimum Gasteiger partial charge on any atom is -0.459 e. The number of amides is 1. The van der Waals surface area contributed by atoms with Crippen LogP contribution < -0.4 is 5.32 Å². The van der Waals surface area contributed by atoms with E-state index in [1.807, 2.05) is 44.2 Å². The molecule has 4 aromatic rings. The van der Waals surface area contributed by atoms with Crippen molar-refractivity contribution in [1.29, 1.82) is 0 Å². The van der Waals surface area contributed by atoms with Crippen LogP contribution in [0.2, 0.25) is 0 Å². The molecule has 0 unspecified atom stereocenters. The van der Waals surface area contributed by atoms with E-state index in [0.29, 0.717) is 5.56 Å². The summed E-state index contributed by atoms with van der Waals surface area (Å²) in [5.41, 5.74) is 2.08. The van der Waals surface area contributed by atoms with Gasteiger partial charge in [0.05, 0.1) is 11.6 Å². The van der Waals surface area contributed by atoms with Crippen LogP contribution in [0, 0.1) is 6.92 Å². The smallest absolute Gasteiger partial charge is 0.253 e. The number of para-hydroxylation sites is 1. The number of carbonyl (C=O) groups is 1. The van der Waals surface area contributed by atoms with Crippen LogP contribution in [0.1, 0.15) is 34.9 Å². The summed E-state index contributed by atoms with van der Waals surface area (Å²) >= 11 is 0. The van der Waals surface area contributed by atoms with E-state index < -0.39 is 0 Å². The minimum atomic E-state index is -0.234. The summed E-state index contributed by atoms with van der Waals surface area (Å²) in [7, 11) is 0. The molecule has 6 nitrogen and oxygen atoms in total. The molecule has 1 aromatic carbocycles. The lowest BCUT2D eigenvalue weighted by atomic mass is 10.2. The lowest BCUT2D eigenvalue weighted by Gasteiger charge is -2.11. The molecular weight excluding hydrogens is 304 g/mol. The number of aromatic nitrogens is 3. The van der Waals surface area contributed by atoms with Gasteiger partial charge in [-0.15, -0.1) is 10.2 Å². The standard InChI is InChI=1S/C18H16N4O2/c1-11(16-9-13-5-3-4-6-15(13)24-16)19-18(23)14-7-8-17-21-20-12(2)22(17)10-14/h3-11H,1-2H3,(H,19,23)/t11-/m0/s1. The number of rotatable bonds is 3. The molecule has 3 aromatic heterocycles. The van der Waals surface area contributed by atoms with E-state index in [4.69, 9.17) is 4.42 Å². The van der Waals surface area contributed by atoms with Gasteiger partial charge < -0.3 is 9.73 Å².